The van der Waals surface area contributed by atoms with Gasteiger partial charge < -0.3 is 10.2 Å². The summed E-state index contributed by atoms with van der Waals surface area (Å²) in [5, 5.41) is 3.70. The minimum absolute atomic E-state index is 0.729. The van der Waals surface area contributed by atoms with Crippen LogP contribution in [0.2, 0.25) is 0 Å². The van der Waals surface area contributed by atoms with Gasteiger partial charge in [-0.05, 0) is 58.5 Å². The minimum atomic E-state index is 0.729. The van der Waals surface area contributed by atoms with Gasteiger partial charge in [-0.3, -0.25) is 4.90 Å². The van der Waals surface area contributed by atoms with Crippen LogP contribution < -0.4 is 5.32 Å². The highest BCUT2D eigenvalue weighted by Crippen LogP contribution is 2.37. The van der Waals surface area contributed by atoms with Crippen LogP contribution in [-0.2, 0) is 0 Å². The Morgan fingerprint density at radius 2 is 1.67 bits per heavy atom. The normalized spacial score (nSPS) is 45.7. The molecule has 0 aromatic rings. The van der Waals surface area contributed by atoms with Crippen LogP contribution in [-0.4, -0.2) is 60.1 Å². The molecule has 3 aliphatic heterocycles. The maximum atomic E-state index is 3.70. The number of hydrogen-bond acceptors (Lipinski definition) is 3. The monoisotopic (exact) mass is 293 g/mol. The van der Waals surface area contributed by atoms with E-state index >= 15 is 0 Å². The van der Waals surface area contributed by atoms with E-state index in [1.165, 1.54) is 45.1 Å². The summed E-state index contributed by atoms with van der Waals surface area (Å²) in [6.45, 7) is 9.58. The number of piperidine rings is 3. The van der Waals surface area contributed by atoms with Crippen molar-refractivity contribution >= 4 is 0 Å². The van der Waals surface area contributed by atoms with Gasteiger partial charge in [0.05, 0.1) is 0 Å². The van der Waals surface area contributed by atoms with Crippen LogP contribution in [0.25, 0.3) is 0 Å². The average Bonchev–Trinajstić information content (AvgIpc) is 2.44. The number of rotatable bonds is 3. The molecule has 122 valence electrons. The van der Waals surface area contributed by atoms with Gasteiger partial charge in [0.25, 0.3) is 0 Å². The van der Waals surface area contributed by atoms with Crippen molar-refractivity contribution in [3.05, 3.63) is 0 Å². The molecule has 0 amide bonds. The molecule has 2 bridgehead atoms. The highest BCUT2D eigenvalue weighted by atomic mass is 15.3. The maximum absolute atomic E-state index is 3.70. The molecule has 5 atom stereocenters. The lowest BCUT2D eigenvalue weighted by atomic mass is 9.79. The van der Waals surface area contributed by atoms with Crippen molar-refractivity contribution in [1.29, 1.82) is 0 Å². The summed E-state index contributed by atoms with van der Waals surface area (Å²) < 4.78 is 0. The third-order valence-corrected chi connectivity index (χ3v) is 6.87. The summed E-state index contributed by atoms with van der Waals surface area (Å²) in [7, 11) is 2.37. The fourth-order valence-corrected chi connectivity index (χ4v) is 5.32. The minimum Gasteiger partial charge on any atom is -0.314 e. The van der Waals surface area contributed by atoms with Crippen LogP contribution in [0.5, 0.6) is 0 Å². The van der Waals surface area contributed by atoms with E-state index in [0.717, 1.165) is 42.7 Å². The van der Waals surface area contributed by atoms with Crippen molar-refractivity contribution in [2.24, 2.45) is 5.92 Å². The van der Waals surface area contributed by atoms with Gasteiger partial charge in [0.2, 0.25) is 0 Å². The lowest BCUT2D eigenvalue weighted by Gasteiger charge is -2.53. The fourth-order valence-electron chi connectivity index (χ4n) is 5.32. The number of likely N-dealkylation sites (tertiary alicyclic amines) is 1. The van der Waals surface area contributed by atoms with Crippen LogP contribution in [0.4, 0.5) is 0 Å². The third-order valence-electron chi connectivity index (χ3n) is 6.87. The molecular formula is C18H35N3. The van der Waals surface area contributed by atoms with E-state index in [9.17, 15) is 0 Å². The SMILES string of the molecule is CCNC1CCN(C2CC3CCCC(C2)N3C)C(C)C1C. The number of nitrogens with one attached hydrogen (secondary N) is 1. The molecule has 0 aromatic heterocycles. The van der Waals surface area contributed by atoms with E-state index < -0.39 is 0 Å². The quantitative estimate of drug-likeness (QED) is 0.863. The van der Waals surface area contributed by atoms with Gasteiger partial charge >= 0.3 is 0 Å². The molecule has 3 nitrogen and oxygen atoms in total. The van der Waals surface area contributed by atoms with Gasteiger partial charge in [-0.15, -0.1) is 0 Å². The molecule has 5 unspecified atom stereocenters. The van der Waals surface area contributed by atoms with Gasteiger partial charge in [0.15, 0.2) is 0 Å². The largest absolute Gasteiger partial charge is 0.314 e. The third kappa shape index (κ3) is 3.02. The smallest absolute Gasteiger partial charge is 0.0128 e. The maximum Gasteiger partial charge on any atom is 0.0128 e. The summed E-state index contributed by atoms with van der Waals surface area (Å²) in [6.07, 6.45) is 8.48. The van der Waals surface area contributed by atoms with Crippen molar-refractivity contribution in [2.45, 2.75) is 89.5 Å². The van der Waals surface area contributed by atoms with E-state index in [0.29, 0.717) is 0 Å². The molecule has 21 heavy (non-hydrogen) atoms. The number of fused-ring (bicyclic) bond motifs is 2. The van der Waals surface area contributed by atoms with Crippen LogP contribution in [0.3, 0.4) is 0 Å². The molecule has 3 rings (SSSR count). The Labute approximate surface area is 131 Å². The standard InChI is InChI=1S/C18H35N3/c1-5-19-18-9-10-21(14(3)13(18)2)17-11-15-7-6-8-16(12-17)20(15)4/h13-19H,5-12H2,1-4H3. The van der Waals surface area contributed by atoms with E-state index in [1.807, 2.05) is 0 Å². The second-order valence-electron chi connectivity index (χ2n) is 7.82. The first kappa shape index (κ1) is 15.8. The molecule has 1 N–H and O–H groups in total. The van der Waals surface area contributed by atoms with E-state index in [1.54, 1.807) is 0 Å². The van der Waals surface area contributed by atoms with Crippen molar-refractivity contribution in [1.82, 2.24) is 15.1 Å². The predicted octanol–water partition coefficient (Wildman–Crippen LogP) is 2.71. The lowest BCUT2D eigenvalue weighted by Crippen LogP contribution is -2.61. The van der Waals surface area contributed by atoms with E-state index in [-0.39, 0.29) is 0 Å². The Morgan fingerprint density at radius 1 is 1.00 bits per heavy atom. The van der Waals surface area contributed by atoms with Gasteiger partial charge in [0.1, 0.15) is 0 Å². The Bertz CT molecular complexity index is 331. The highest BCUT2D eigenvalue weighted by Gasteiger charge is 2.42. The topological polar surface area (TPSA) is 18.5 Å². The lowest BCUT2D eigenvalue weighted by molar-refractivity contribution is -0.0293. The molecule has 3 heteroatoms. The highest BCUT2D eigenvalue weighted by molar-refractivity contribution is 4.98. The van der Waals surface area contributed by atoms with Gasteiger partial charge in [-0.1, -0.05) is 20.3 Å². The Balaban J connectivity index is 1.65. The second kappa shape index (κ2) is 6.55. The molecule has 0 aliphatic carbocycles. The molecule has 3 aliphatic rings. The predicted molar refractivity (Wildman–Crippen MR) is 89.6 cm³/mol. The molecule has 0 aromatic carbocycles. The van der Waals surface area contributed by atoms with Crippen molar-refractivity contribution in [2.75, 3.05) is 20.1 Å². The van der Waals surface area contributed by atoms with Crippen molar-refractivity contribution in [3.8, 4) is 0 Å². The molecule has 0 radical (unpaired) electrons. The molecular weight excluding hydrogens is 258 g/mol. The van der Waals surface area contributed by atoms with Crippen molar-refractivity contribution in [3.63, 3.8) is 0 Å². The first-order valence-corrected chi connectivity index (χ1v) is 9.32. The Hall–Kier alpha value is -0.120. The first-order valence-electron chi connectivity index (χ1n) is 9.32. The zero-order valence-corrected chi connectivity index (χ0v) is 14.5. The number of hydrogen-bond donors (Lipinski definition) is 1. The molecule has 3 heterocycles. The molecule has 3 saturated heterocycles. The zero-order chi connectivity index (χ0) is 15.0. The second-order valence-corrected chi connectivity index (χ2v) is 7.82. The number of nitrogens with zero attached hydrogens (tertiary/aromatic N) is 2. The van der Waals surface area contributed by atoms with Crippen LogP contribution >= 0.6 is 0 Å². The van der Waals surface area contributed by atoms with E-state index in [2.05, 4.69) is 42.9 Å². The molecule has 3 fully saturated rings. The van der Waals surface area contributed by atoms with Crippen LogP contribution in [0, 0.1) is 5.92 Å². The summed E-state index contributed by atoms with van der Waals surface area (Å²) in [4.78, 5) is 5.57. The summed E-state index contributed by atoms with van der Waals surface area (Å²) >= 11 is 0. The van der Waals surface area contributed by atoms with Crippen LogP contribution in [0.1, 0.15) is 59.3 Å². The van der Waals surface area contributed by atoms with Crippen molar-refractivity contribution < 1.29 is 0 Å². The van der Waals surface area contributed by atoms with E-state index in [4.69, 9.17) is 0 Å². The molecule has 0 saturated carbocycles. The first-order chi connectivity index (χ1) is 10.1. The summed E-state index contributed by atoms with van der Waals surface area (Å²) in [5.74, 6) is 0.776. The Morgan fingerprint density at radius 3 is 2.29 bits per heavy atom. The average molecular weight is 293 g/mol. The van der Waals surface area contributed by atoms with Gasteiger partial charge in [-0.2, -0.15) is 0 Å². The fraction of sp³-hybridized carbons (Fsp3) is 1.00. The summed E-state index contributed by atoms with van der Waals surface area (Å²) in [5.41, 5.74) is 0. The van der Waals surface area contributed by atoms with Gasteiger partial charge in [0, 0.05) is 36.8 Å². The molecule has 0 spiro atoms. The van der Waals surface area contributed by atoms with Gasteiger partial charge in [-0.25, -0.2) is 0 Å². The Kier molecular flexibility index (Phi) is 4.92. The zero-order valence-electron chi connectivity index (χ0n) is 14.5. The van der Waals surface area contributed by atoms with Crippen LogP contribution in [0.15, 0.2) is 0 Å². The summed E-state index contributed by atoms with van der Waals surface area (Å²) in [6, 6.07) is 4.02.